The topological polar surface area (TPSA) is 39.7 Å². The van der Waals surface area contributed by atoms with Crippen molar-refractivity contribution in [3.63, 3.8) is 0 Å². The molecular weight excluding hydrogens is 182 g/mol. The summed E-state index contributed by atoms with van der Waals surface area (Å²) in [6.45, 7) is 5.65. The van der Waals surface area contributed by atoms with Gasteiger partial charge in [0.25, 0.3) is 0 Å². The first kappa shape index (κ1) is 10.4. The molecule has 2 fully saturated rings. The lowest BCUT2D eigenvalue weighted by Crippen LogP contribution is -2.44. The molecule has 0 aromatic rings. The zero-order valence-corrected chi connectivity index (χ0v) is 9.03. The average Bonchev–Trinajstić information content (AvgIpc) is 2.67. The molecule has 0 aliphatic carbocycles. The van der Waals surface area contributed by atoms with E-state index in [0.29, 0.717) is 18.7 Å². The van der Waals surface area contributed by atoms with Gasteiger partial charge >= 0.3 is 0 Å². The first-order valence-electron chi connectivity index (χ1n) is 5.24. The quantitative estimate of drug-likeness (QED) is 0.706. The highest BCUT2D eigenvalue weighted by Crippen LogP contribution is 2.28. The lowest BCUT2D eigenvalue weighted by atomic mass is 10.1. The fourth-order valence-corrected chi connectivity index (χ4v) is 2.24. The fourth-order valence-electron chi connectivity index (χ4n) is 2.24. The van der Waals surface area contributed by atoms with Crippen LogP contribution in [0.1, 0.15) is 13.8 Å². The molecule has 2 rings (SSSR count). The van der Waals surface area contributed by atoms with Crippen molar-refractivity contribution in [2.45, 2.75) is 44.2 Å². The van der Waals surface area contributed by atoms with Gasteiger partial charge in [-0.05, 0) is 0 Å². The fraction of sp³-hybridized carbons (Fsp3) is 1.00. The molecular formula is C10H19NO3. The monoisotopic (exact) mass is 201 g/mol. The molecule has 0 aromatic heterocycles. The van der Waals surface area contributed by atoms with Crippen LogP contribution in [0, 0.1) is 0 Å². The molecule has 82 valence electrons. The highest BCUT2D eigenvalue weighted by Gasteiger charge is 2.47. The first-order chi connectivity index (χ1) is 6.72. The molecule has 2 aliphatic rings. The summed E-state index contributed by atoms with van der Waals surface area (Å²) in [5.74, 6) is 0. The van der Waals surface area contributed by atoms with E-state index in [2.05, 4.69) is 19.2 Å². The van der Waals surface area contributed by atoms with Crippen molar-refractivity contribution in [1.82, 2.24) is 5.32 Å². The maximum atomic E-state index is 5.68. The van der Waals surface area contributed by atoms with Gasteiger partial charge in [0.1, 0.15) is 18.3 Å². The van der Waals surface area contributed by atoms with Crippen LogP contribution in [0.2, 0.25) is 0 Å². The minimum absolute atomic E-state index is 0.110. The Labute approximate surface area is 84.9 Å². The summed E-state index contributed by atoms with van der Waals surface area (Å²) in [7, 11) is 1.71. The molecule has 0 spiro atoms. The van der Waals surface area contributed by atoms with Crippen LogP contribution in [0.4, 0.5) is 0 Å². The van der Waals surface area contributed by atoms with Crippen molar-refractivity contribution in [3.8, 4) is 0 Å². The predicted molar refractivity (Wildman–Crippen MR) is 52.3 cm³/mol. The van der Waals surface area contributed by atoms with Crippen LogP contribution in [-0.4, -0.2) is 50.7 Å². The van der Waals surface area contributed by atoms with Gasteiger partial charge < -0.3 is 19.5 Å². The first-order valence-corrected chi connectivity index (χ1v) is 5.24. The SMILES string of the molecule is COC1COC2C(NC(C)C)COC12. The summed E-state index contributed by atoms with van der Waals surface area (Å²) in [5.41, 5.74) is 0. The molecule has 2 aliphatic heterocycles. The maximum absolute atomic E-state index is 5.68. The van der Waals surface area contributed by atoms with Gasteiger partial charge in [0.2, 0.25) is 0 Å². The number of methoxy groups -OCH3 is 1. The van der Waals surface area contributed by atoms with E-state index < -0.39 is 0 Å². The summed E-state index contributed by atoms with van der Waals surface area (Å²) in [6, 6.07) is 0.785. The van der Waals surface area contributed by atoms with E-state index in [4.69, 9.17) is 14.2 Å². The molecule has 0 bridgehead atoms. The highest BCUT2D eigenvalue weighted by molar-refractivity contribution is 4.98. The Hall–Kier alpha value is -0.160. The summed E-state index contributed by atoms with van der Waals surface area (Å²) in [5, 5.41) is 3.45. The largest absolute Gasteiger partial charge is 0.376 e. The van der Waals surface area contributed by atoms with Crippen LogP contribution >= 0.6 is 0 Å². The minimum atomic E-state index is 0.110. The smallest absolute Gasteiger partial charge is 0.114 e. The van der Waals surface area contributed by atoms with Gasteiger partial charge in [-0.2, -0.15) is 0 Å². The Morgan fingerprint density at radius 1 is 1.21 bits per heavy atom. The third-order valence-electron chi connectivity index (χ3n) is 2.86. The Morgan fingerprint density at radius 2 is 1.93 bits per heavy atom. The van der Waals surface area contributed by atoms with Gasteiger partial charge in [-0.1, -0.05) is 13.8 Å². The van der Waals surface area contributed by atoms with E-state index in [1.54, 1.807) is 7.11 Å². The van der Waals surface area contributed by atoms with E-state index in [1.807, 2.05) is 0 Å². The molecule has 2 heterocycles. The maximum Gasteiger partial charge on any atom is 0.114 e. The van der Waals surface area contributed by atoms with Crippen molar-refractivity contribution in [2.24, 2.45) is 0 Å². The zero-order valence-electron chi connectivity index (χ0n) is 9.03. The third-order valence-corrected chi connectivity index (χ3v) is 2.86. The van der Waals surface area contributed by atoms with Crippen molar-refractivity contribution in [2.75, 3.05) is 20.3 Å². The molecule has 1 N–H and O–H groups in total. The Balaban J connectivity index is 1.94. The van der Waals surface area contributed by atoms with Gasteiger partial charge in [0, 0.05) is 13.2 Å². The van der Waals surface area contributed by atoms with Crippen LogP contribution in [0.5, 0.6) is 0 Å². The number of fused-ring (bicyclic) bond motifs is 1. The molecule has 4 unspecified atom stereocenters. The lowest BCUT2D eigenvalue weighted by molar-refractivity contribution is -0.00832. The second-order valence-corrected chi connectivity index (χ2v) is 4.30. The number of nitrogens with one attached hydrogen (secondary N) is 1. The molecule has 4 atom stereocenters. The van der Waals surface area contributed by atoms with Crippen LogP contribution in [0.25, 0.3) is 0 Å². The van der Waals surface area contributed by atoms with Crippen molar-refractivity contribution in [1.29, 1.82) is 0 Å². The molecule has 4 nitrogen and oxygen atoms in total. The van der Waals surface area contributed by atoms with E-state index in [0.717, 1.165) is 6.61 Å². The zero-order chi connectivity index (χ0) is 10.1. The molecule has 2 saturated heterocycles. The number of hydrogen-bond acceptors (Lipinski definition) is 4. The summed E-state index contributed by atoms with van der Waals surface area (Å²) >= 11 is 0. The lowest BCUT2D eigenvalue weighted by Gasteiger charge is -2.19. The van der Waals surface area contributed by atoms with E-state index in [-0.39, 0.29) is 18.3 Å². The minimum Gasteiger partial charge on any atom is -0.376 e. The number of ether oxygens (including phenoxy) is 3. The van der Waals surface area contributed by atoms with Crippen LogP contribution in [0.3, 0.4) is 0 Å². The molecule has 4 heteroatoms. The van der Waals surface area contributed by atoms with E-state index in [1.165, 1.54) is 0 Å². The van der Waals surface area contributed by atoms with Crippen molar-refractivity contribution >= 4 is 0 Å². The molecule has 14 heavy (non-hydrogen) atoms. The molecule has 0 saturated carbocycles. The second-order valence-electron chi connectivity index (χ2n) is 4.30. The van der Waals surface area contributed by atoms with Gasteiger partial charge in [0.15, 0.2) is 0 Å². The Bertz CT molecular complexity index is 198. The summed E-state index contributed by atoms with van der Waals surface area (Å²) in [6.07, 6.45) is 0.401. The van der Waals surface area contributed by atoms with Crippen LogP contribution in [0.15, 0.2) is 0 Å². The van der Waals surface area contributed by atoms with Crippen molar-refractivity contribution in [3.05, 3.63) is 0 Å². The molecule has 0 amide bonds. The summed E-state index contributed by atoms with van der Waals surface area (Å²) < 4.78 is 16.7. The second kappa shape index (κ2) is 4.14. The van der Waals surface area contributed by atoms with Crippen LogP contribution in [-0.2, 0) is 14.2 Å². The van der Waals surface area contributed by atoms with Crippen molar-refractivity contribution < 1.29 is 14.2 Å². The Morgan fingerprint density at radius 3 is 2.57 bits per heavy atom. The standard InChI is InChI=1S/C10H19NO3/c1-6(2)11-7-4-13-10-8(12-3)5-14-9(7)10/h6-11H,4-5H2,1-3H3. The average molecular weight is 201 g/mol. The van der Waals surface area contributed by atoms with Gasteiger partial charge in [-0.3, -0.25) is 0 Å². The normalized spacial score (nSPS) is 42.0. The van der Waals surface area contributed by atoms with Gasteiger partial charge in [-0.15, -0.1) is 0 Å². The highest BCUT2D eigenvalue weighted by atomic mass is 16.6. The van der Waals surface area contributed by atoms with Gasteiger partial charge in [-0.25, -0.2) is 0 Å². The van der Waals surface area contributed by atoms with Crippen LogP contribution < -0.4 is 5.32 Å². The molecule has 0 aromatic carbocycles. The molecule has 0 radical (unpaired) electrons. The number of rotatable bonds is 3. The van der Waals surface area contributed by atoms with Gasteiger partial charge in [0.05, 0.1) is 19.3 Å². The predicted octanol–water partition coefficient (Wildman–Crippen LogP) is 0.166. The number of hydrogen-bond donors (Lipinski definition) is 1. The Kier molecular flexibility index (Phi) is 3.07. The van der Waals surface area contributed by atoms with E-state index >= 15 is 0 Å². The van der Waals surface area contributed by atoms with E-state index in [9.17, 15) is 0 Å². The third kappa shape index (κ3) is 1.80. The summed E-state index contributed by atoms with van der Waals surface area (Å²) in [4.78, 5) is 0.